The molecule has 0 aliphatic heterocycles. The van der Waals surface area contributed by atoms with Crippen LogP contribution in [0.25, 0.3) is 11.4 Å². The van der Waals surface area contributed by atoms with E-state index in [1.807, 2.05) is 26.1 Å². The van der Waals surface area contributed by atoms with Crippen molar-refractivity contribution in [2.24, 2.45) is 7.05 Å². The normalized spacial score (nSPS) is 10.7. The van der Waals surface area contributed by atoms with Gasteiger partial charge in [-0.25, -0.2) is 0 Å². The van der Waals surface area contributed by atoms with Gasteiger partial charge in [0.1, 0.15) is 5.75 Å². The predicted octanol–water partition coefficient (Wildman–Crippen LogP) is 4.92. The molecule has 0 saturated carbocycles. The van der Waals surface area contributed by atoms with Crippen molar-refractivity contribution < 1.29 is 9.53 Å². The molecular weight excluding hydrogens is 419 g/mol. The number of hydrogen-bond acceptors (Lipinski definition) is 5. The van der Waals surface area contributed by atoms with Crippen molar-refractivity contribution in [1.29, 1.82) is 0 Å². The van der Waals surface area contributed by atoms with E-state index in [1.54, 1.807) is 34.9 Å². The second-order valence-electron chi connectivity index (χ2n) is 5.78. The average molecular weight is 437 g/mol. The van der Waals surface area contributed by atoms with E-state index in [1.165, 1.54) is 11.8 Å². The lowest BCUT2D eigenvalue weighted by molar-refractivity contribution is -0.113. The van der Waals surface area contributed by atoms with E-state index in [9.17, 15) is 4.79 Å². The van der Waals surface area contributed by atoms with E-state index < -0.39 is 0 Å². The molecule has 28 heavy (non-hydrogen) atoms. The highest BCUT2D eigenvalue weighted by Gasteiger charge is 2.15. The molecule has 0 atom stereocenters. The van der Waals surface area contributed by atoms with Crippen molar-refractivity contribution in [2.45, 2.75) is 12.1 Å². The van der Waals surface area contributed by atoms with E-state index in [4.69, 9.17) is 27.9 Å². The van der Waals surface area contributed by atoms with Crippen molar-refractivity contribution in [2.75, 3.05) is 17.7 Å². The highest BCUT2D eigenvalue weighted by molar-refractivity contribution is 7.99. The molecule has 3 aromatic rings. The van der Waals surface area contributed by atoms with Gasteiger partial charge in [0.05, 0.1) is 17.4 Å². The van der Waals surface area contributed by atoms with E-state index in [2.05, 4.69) is 15.5 Å². The summed E-state index contributed by atoms with van der Waals surface area (Å²) >= 11 is 13.5. The maximum absolute atomic E-state index is 12.2. The van der Waals surface area contributed by atoms with Gasteiger partial charge in [0.25, 0.3) is 0 Å². The molecule has 0 bridgehead atoms. The standard InChI is InChI=1S/C19H18Cl2N4O2S/c1-3-27-14-7-5-13(6-8-14)22-17(26)11-28-19-24-23-18(25(19)2)15-9-4-12(20)10-16(15)21/h4-10H,3,11H2,1-2H3,(H,22,26). The molecule has 1 N–H and O–H groups in total. The largest absolute Gasteiger partial charge is 0.494 e. The minimum Gasteiger partial charge on any atom is -0.494 e. The van der Waals surface area contributed by atoms with Gasteiger partial charge in [-0.05, 0) is 49.4 Å². The lowest BCUT2D eigenvalue weighted by Crippen LogP contribution is -2.14. The molecule has 0 saturated heterocycles. The second kappa shape index (κ2) is 9.32. The number of amides is 1. The quantitative estimate of drug-likeness (QED) is 0.532. The molecule has 0 radical (unpaired) electrons. The lowest BCUT2D eigenvalue weighted by Gasteiger charge is -2.07. The van der Waals surface area contributed by atoms with Crippen LogP contribution in [0.4, 0.5) is 5.69 Å². The van der Waals surface area contributed by atoms with Gasteiger partial charge in [0.2, 0.25) is 5.91 Å². The van der Waals surface area contributed by atoms with E-state index in [0.29, 0.717) is 33.3 Å². The first-order valence-electron chi connectivity index (χ1n) is 8.48. The van der Waals surface area contributed by atoms with E-state index in [-0.39, 0.29) is 11.7 Å². The van der Waals surface area contributed by atoms with Crippen LogP contribution in [0.5, 0.6) is 5.75 Å². The molecule has 0 spiro atoms. The van der Waals surface area contributed by atoms with Crippen LogP contribution < -0.4 is 10.1 Å². The van der Waals surface area contributed by atoms with Gasteiger partial charge in [0.15, 0.2) is 11.0 Å². The number of aromatic nitrogens is 3. The van der Waals surface area contributed by atoms with Gasteiger partial charge < -0.3 is 14.6 Å². The number of rotatable bonds is 7. The van der Waals surface area contributed by atoms with Crippen LogP contribution >= 0.6 is 35.0 Å². The Morgan fingerprint density at radius 3 is 2.61 bits per heavy atom. The summed E-state index contributed by atoms with van der Waals surface area (Å²) in [5.74, 6) is 1.44. The maximum Gasteiger partial charge on any atom is 0.234 e. The Morgan fingerprint density at radius 2 is 1.93 bits per heavy atom. The molecule has 0 aliphatic carbocycles. The molecule has 0 aliphatic rings. The van der Waals surface area contributed by atoms with Crippen molar-refractivity contribution in [3.05, 3.63) is 52.5 Å². The number of nitrogens with one attached hydrogen (secondary N) is 1. The number of nitrogens with zero attached hydrogens (tertiary/aromatic N) is 3. The molecular formula is C19H18Cl2N4O2S. The average Bonchev–Trinajstić information content (AvgIpc) is 3.02. The monoisotopic (exact) mass is 436 g/mol. The fraction of sp³-hybridized carbons (Fsp3) is 0.211. The molecule has 0 unspecified atom stereocenters. The number of benzene rings is 2. The van der Waals surface area contributed by atoms with Gasteiger partial charge in [-0.15, -0.1) is 10.2 Å². The molecule has 0 fully saturated rings. The lowest BCUT2D eigenvalue weighted by atomic mass is 10.2. The van der Waals surface area contributed by atoms with Gasteiger partial charge in [0, 0.05) is 23.3 Å². The first kappa shape index (κ1) is 20.5. The number of ether oxygens (including phenoxy) is 1. The third-order valence-electron chi connectivity index (χ3n) is 3.79. The summed E-state index contributed by atoms with van der Waals surface area (Å²) in [4.78, 5) is 12.2. The Bertz CT molecular complexity index is 977. The third kappa shape index (κ3) is 4.98. The minimum atomic E-state index is -0.136. The smallest absolute Gasteiger partial charge is 0.234 e. The highest BCUT2D eigenvalue weighted by atomic mass is 35.5. The van der Waals surface area contributed by atoms with Gasteiger partial charge in [-0.2, -0.15) is 0 Å². The Hall–Kier alpha value is -2.22. The summed E-state index contributed by atoms with van der Waals surface area (Å²) in [5.41, 5.74) is 1.44. The van der Waals surface area contributed by atoms with E-state index in [0.717, 1.165) is 11.3 Å². The predicted molar refractivity (Wildman–Crippen MR) is 113 cm³/mol. The Kier molecular flexibility index (Phi) is 6.83. The number of thioether (sulfide) groups is 1. The number of carbonyl (C=O) groups excluding carboxylic acids is 1. The van der Waals surface area contributed by atoms with Crippen LogP contribution in [0.2, 0.25) is 10.0 Å². The van der Waals surface area contributed by atoms with Crippen molar-refractivity contribution in [3.8, 4) is 17.1 Å². The van der Waals surface area contributed by atoms with Crippen molar-refractivity contribution in [3.63, 3.8) is 0 Å². The highest BCUT2D eigenvalue weighted by Crippen LogP contribution is 2.30. The number of hydrogen-bond donors (Lipinski definition) is 1. The summed E-state index contributed by atoms with van der Waals surface area (Å²) in [7, 11) is 1.83. The van der Waals surface area contributed by atoms with Gasteiger partial charge in [-0.3, -0.25) is 4.79 Å². The Labute approximate surface area is 177 Å². The van der Waals surface area contributed by atoms with E-state index >= 15 is 0 Å². The fourth-order valence-electron chi connectivity index (χ4n) is 2.47. The van der Waals surface area contributed by atoms with Crippen molar-refractivity contribution in [1.82, 2.24) is 14.8 Å². The Balaban J connectivity index is 1.61. The number of halogens is 2. The molecule has 146 valence electrons. The van der Waals surface area contributed by atoms with Crippen LogP contribution in [0, 0.1) is 0 Å². The topological polar surface area (TPSA) is 69.0 Å². The molecule has 2 aromatic carbocycles. The molecule has 3 rings (SSSR count). The van der Waals surface area contributed by atoms with Gasteiger partial charge in [-0.1, -0.05) is 35.0 Å². The second-order valence-corrected chi connectivity index (χ2v) is 7.57. The van der Waals surface area contributed by atoms with Crippen LogP contribution in [0.3, 0.4) is 0 Å². The zero-order chi connectivity index (χ0) is 20.1. The first-order chi connectivity index (χ1) is 13.5. The summed E-state index contributed by atoms with van der Waals surface area (Å²) < 4.78 is 7.18. The third-order valence-corrected chi connectivity index (χ3v) is 5.36. The van der Waals surface area contributed by atoms with Gasteiger partial charge >= 0.3 is 0 Å². The SMILES string of the molecule is CCOc1ccc(NC(=O)CSc2nnc(-c3ccc(Cl)cc3Cl)n2C)cc1. The fourth-order valence-corrected chi connectivity index (χ4v) is 3.68. The minimum absolute atomic E-state index is 0.136. The summed E-state index contributed by atoms with van der Waals surface area (Å²) in [6, 6.07) is 12.4. The van der Waals surface area contributed by atoms with Crippen LogP contribution in [-0.2, 0) is 11.8 Å². The van der Waals surface area contributed by atoms with Crippen LogP contribution in [0.1, 0.15) is 6.92 Å². The molecule has 6 nitrogen and oxygen atoms in total. The molecule has 1 heterocycles. The number of carbonyl (C=O) groups is 1. The van der Waals surface area contributed by atoms with Crippen LogP contribution in [-0.4, -0.2) is 33.0 Å². The summed E-state index contributed by atoms with van der Waals surface area (Å²) in [5, 5.41) is 12.8. The first-order valence-corrected chi connectivity index (χ1v) is 10.2. The zero-order valence-corrected chi connectivity index (χ0v) is 17.6. The maximum atomic E-state index is 12.2. The molecule has 1 aromatic heterocycles. The Morgan fingerprint density at radius 1 is 1.18 bits per heavy atom. The molecule has 9 heteroatoms. The number of anilines is 1. The van der Waals surface area contributed by atoms with Crippen LogP contribution in [0.15, 0.2) is 47.6 Å². The summed E-state index contributed by atoms with van der Waals surface area (Å²) in [6.07, 6.45) is 0. The summed E-state index contributed by atoms with van der Waals surface area (Å²) in [6.45, 7) is 2.52. The zero-order valence-electron chi connectivity index (χ0n) is 15.3. The molecule has 1 amide bonds. The van der Waals surface area contributed by atoms with Crippen molar-refractivity contribution >= 4 is 46.6 Å².